The fourth-order valence-electron chi connectivity index (χ4n) is 0.750. The number of carbonyl (C=O) groups excluding carboxylic acids is 1. The molecule has 0 amide bonds. The third kappa shape index (κ3) is 2.83. The molecule has 0 aliphatic heterocycles. The molecule has 0 spiro atoms. The Balaban J connectivity index is 2.63. The van der Waals surface area contributed by atoms with Gasteiger partial charge in [-0.25, -0.2) is 4.79 Å². The zero-order valence-electron chi connectivity index (χ0n) is 6.09. The van der Waals surface area contributed by atoms with Crippen molar-refractivity contribution in [2.45, 2.75) is 6.61 Å². The molecule has 0 heterocycles. The van der Waals surface area contributed by atoms with Crippen LogP contribution < -0.4 is 0 Å². The van der Waals surface area contributed by atoms with Crippen LogP contribution >= 0.6 is 27.5 Å². The van der Waals surface area contributed by atoms with Crippen LogP contribution in [0.1, 0.15) is 5.56 Å². The molecule has 0 atom stereocenters. The van der Waals surface area contributed by atoms with Crippen LogP contribution in [-0.4, -0.2) is 5.43 Å². The lowest BCUT2D eigenvalue weighted by molar-refractivity contribution is 0.167. The van der Waals surface area contributed by atoms with Gasteiger partial charge in [-0.2, -0.15) is 0 Å². The first kappa shape index (κ1) is 9.55. The number of hydrogen-bond donors (Lipinski definition) is 0. The van der Waals surface area contributed by atoms with Crippen molar-refractivity contribution < 1.29 is 9.53 Å². The van der Waals surface area contributed by atoms with Crippen LogP contribution in [-0.2, 0) is 11.3 Å². The van der Waals surface area contributed by atoms with E-state index in [0.717, 1.165) is 10.0 Å². The first-order valence-electron chi connectivity index (χ1n) is 3.26. The van der Waals surface area contributed by atoms with Crippen molar-refractivity contribution in [2.75, 3.05) is 0 Å². The SMILES string of the molecule is O=C(Cl)OCc1ccccc1Br. The standard InChI is InChI=1S/C8H6BrClO2/c9-7-4-2-1-3-6(7)5-12-8(10)11/h1-4H,5H2. The predicted molar refractivity (Wildman–Crippen MR) is 50.2 cm³/mol. The van der Waals surface area contributed by atoms with Gasteiger partial charge in [0.25, 0.3) is 0 Å². The van der Waals surface area contributed by atoms with Gasteiger partial charge in [-0.3, -0.25) is 0 Å². The van der Waals surface area contributed by atoms with Crippen molar-refractivity contribution in [1.82, 2.24) is 0 Å². The monoisotopic (exact) mass is 248 g/mol. The summed E-state index contributed by atoms with van der Waals surface area (Å²) < 4.78 is 5.51. The number of hydrogen-bond acceptors (Lipinski definition) is 2. The second kappa shape index (κ2) is 4.48. The van der Waals surface area contributed by atoms with Crippen LogP contribution in [0, 0.1) is 0 Å². The molecule has 1 aromatic rings. The van der Waals surface area contributed by atoms with Crippen molar-refractivity contribution in [3.63, 3.8) is 0 Å². The number of halogens is 2. The third-order valence-electron chi connectivity index (χ3n) is 1.30. The molecule has 0 fully saturated rings. The summed E-state index contributed by atoms with van der Waals surface area (Å²) in [5.74, 6) is 0. The number of carbonyl (C=O) groups is 1. The van der Waals surface area contributed by atoms with Gasteiger partial charge in [0.1, 0.15) is 6.61 Å². The summed E-state index contributed by atoms with van der Waals surface area (Å²) in [5.41, 5.74) is 0.109. The Labute approximate surface area is 83.6 Å². The summed E-state index contributed by atoms with van der Waals surface area (Å²) in [6.45, 7) is 0.198. The maximum absolute atomic E-state index is 10.3. The van der Waals surface area contributed by atoms with Gasteiger partial charge in [0.15, 0.2) is 0 Å². The van der Waals surface area contributed by atoms with Gasteiger partial charge in [-0.1, -0.05) is 34.1 Å². The van der Waals surface area contributed by atoms with Crippen LogP contribution in [0.25, 0.3) is 0 Å². The van der Waals surface area contributed by atoms with Gasteiger partial charge in [0.05, 0.1) is 0 Å². The average Bonchev–Trinajstić information content (AvgIpc) is 2.03. The molecule has 1 aromatic carbocycles. The molecule has 1 rings (SSSR count). The van der Waals surface area contributed by atoms with Crippen LogP contribution in [0.15, 0.2) is 28.7 Å². The van der Waals surface area contributed by atoms with Crippen molar-refractivity contribution >= 4 is 33.0 Å². The average molecular weight is 249 g/mol. The summed E-state index contributed by atoms with van der Waals surface area (Å²) in [5, 5.41) is 0. The molecular formula is C8H6BrClO2. The zero-order chi connectivity index (χ0) is 8.97. The molecule has 2 nitrogen and oxygen atoms in total. The Kier molecular flexibility index (Phi) is 3.56. The van der Waals surface area contributed by atoms with E-state index in [-0.39, 0.29) is 6.61 Å². The van der Waals surface area contributed by atoms with E-state index in [0.29, 0.717) is 0 Å². The highest BCUT2D eigenvalue weighted by Crippen LogP contribution is 2.16. The third-order valence-corrected chi connectivity index (χ3v) is 2.18. The van der Waals surface area contributed by atoms with E-state index in [9.17, 15) is 4.79 Å². The molecule has 64 valence electrons. The highest BCUT2D eigenvalue weighted by atomic mass is 79.9. The Morgan fingerprint density at radius 1 is 1.50 bits per heavy atom. The summed E-state index contributed by atoms with van der Waals surface area (Å²) in [7, 11) is 0. The summed E-state index contributed by atoms with van der Waals surface area (Å²) >= 11 is 8.32. The molecule has 0 saturated carbocycles. The van der Waals surface area contributed by atoms with Crippen LogP contribution in [0.5, 0.6) is 0 Å². The Morgan fingerprint density at radius 2 is 2.17 bits per heavy atom. The van der Waals surface area contributed by atoms with E-state index in [2.05, 4.69) is 20.7 Å². The van der Waals surface area contributed by atoms with Gasteiger partial charge < -0.3 is 4.74 Å². The second-order valence-electron chi connectivity index (χ2n) is 2.12. The molecule has 0 unspecified atom stereocenters. The Morgan fingerprint density at radius 3 is 2.75 bits per heavy atom. The van der Waals surface area contributed by atoms with Crippen molar-refractivity contribution in [3.05, 3.63) is 34.3 Å². The van der Waals surface area contributed by atoms with E-state index in [1.54, 1.807) is 0 Å². The summed E-state index contributed by atoms with van der Waals surface area (Å²) in [4.78, 5) is 10.3. The zero-order valence-corrected chi connectivity index (χ0v) is 8.43. The normalized spacial score (nSPS) is 9.50. The number of rotatable bonds is 2. The van der Waals surface area contributed by atoms with E-state index < -0.39 is 5.43 Å². The molecule has 0 aliphatic carbocycles. The number of ether oxygens (including phenoxy) is 1. The molecule has 0 bridgehead atoms. The van der Waals surface area contributed by atoms with E-state index >= 15 is 0 Å². The van der Waals surface area contributed by atoms with Gasteiger partial charge in [-0.05, 0) is 6.07 Å². The number of benzene rings is 1. The summed E-state index contributed by atoms with van der Waals surface area (Å²) in [6, 6.07) is 7.47. The molecular weight excluding hydrogens is 243 g/mol. The van der Waals surface area contributed by atoms with Gasteiger partial charge >= 0.3 is 5.43 Å². The molecule has 0 aromatic heterocycles. The lowest BCUT2D eigenvalue weighted by atomic mass is 10.2. The molecule has 0 saturated heterocycles. The quantitative estimate of drug-likeness (QED) is 0.752. The molecule has 0 aliphatic rings. The maximum atomic E-state index is 10.3. The first-order chi connectivity index (χ1) is 5.70. The summed E-state index contributed by atoms with van der Waals surface area (Å²) in [6.07, 6.45) is 0. The maximum Gasteiger partial charge on any atom is 0.404 e. The molecule has 12 heavy (non-hydrogen) atoms. The largest absolute Gasteiger partial charge is 0.449 e. The van der Waals surface area contributed by atoms with Crippen molar-refractivity contribution in [1.29, 1.82) is 0 Å². The van der Waals surface area contributed by atoms with Crippen LogP contribution in [0.3, 0.4) is 0 Å². The molecule has 4 heteroatoms. The lowest BCUT2D eigenvalue weighted by Gasteiger charge is -2.02. The van der Waals surface area contributed by atoms with Crippen LogP contribution in [0.4, 0.5) is 4.79 Å². The molecule has 0 radical (unpaired) electrons. The van der Waals surface area contributed by atoms with E-state index in [1.165, 1.54) is 0 Å². The second-order valence-corrected chi connectivity index (χ2v) is 3.28. The highest BCUT2D eigenvalue weighted by Gasteiger charge is 2.00. The lowest BCUT2D eigenvalue weighted by Crippen LogP contribution is -1.95. The first-order valence-corrected chi connectivity index (χ1v) is 4.43. The topological polar surface area (TPSA) is 26.3 Å². The minimum atomic E-state index is -0.786. The van der Waals surface area contributed by atoms with Crippen molar-refractivity contribution in [3.8, 4) is 0 Å². The molecule has 0 N–H and O–H groups in total. The predicted octanol–water partition coefficient (Wildman–Crippen LogP) is 3.32. The Hall–Kier alpha value is -0.540. The minimum Gasteiger partial charge on any atom is -0.449 e. The minimum absolute atomic E-state index is 0.198. The Bertz CT molecular complexity index is 288. The smallest absolute Gasteiger partial charge is 0.404 e. The van der Waals surface area contributed by atoms with Gasteiger partial charge in [0, 0.05) is 21.6 Å². The van der Waals surface area contributed by atoms with E-state index in [4.69, 9.17) is 11.6 Å². The fourth-order valence-corrected chi connectivity index (χ4v) is 1.20. The van der Waals surface area contributed by atoms with E-state index in [1.807, 2.05) is 24.3 Å². The highest BCUT2D eigenvalue weighted by molar-refractivity contribution is 9.10. The fraction of sp³-hybridized carbons (Fsp3) is 0.125. The van der Waals surface area contributed by atoms with Crippen LogP contribution in [0.2, 0.25) is 0 Å². The van der Waals surface area contributed by atoms with Gasteiger partial charge in [-0.15, -0.1) is 0 Å². The van der Waals surface area contributed by atoms with Crippen molar-refractivity contribution in [2.24, 2.45) is 0 Å². The van der Waals surface area contributed by atoms with Gasteiger partial charge in [0.2, 0.25) is 0 Å².